The van der Waals surface area contributed by atoms with Gasteiger partial charge in [0.15, 0.2) is 0 Å². The molecule has 0 atom stereocenters. The number of rotatable bonds is 20. The van der Waals surface area contributed by atoms with E-state index < -0.39 is 0 Å². The van der Waals surface area contributed by atoms with E-state index >= 15 is 0 Å². The number of esters is 2. The zero-order valence-corrected chi connectivity index (χ0v) is 26.6. The Morgan fingerprint density at radius 3 is 1.12 bits per heavy atom. The van der Waals surface area contributed by atoms with Gasteiger partial charge < -0.3 is 34.7 Å². The van der Waals surface area contributed by atoms with Gasteiger partial charge in [0.05, 0.1) is 13.2 Å². The Labute approximate surface area is 227 Å². The molecule has 0 aromatic heterocycles. The van der Waals surface area contributed by atoms with Crippen LogP contribution >= 0.6 is 0 Å². The van der Waals surface area contributed by atoms with Crippen molar-refractivity contribution in [3.05, 3.63) is 0 Å². The second kappa shape index (κ2) is 37.0. The van der Waals surface area contributed by atoms with Gasteiger partial charge in [0.1, 0.15) is 0 Å². The van der Waals surface area contributed by atoms with Crippen LogP contribution < -0.4 is 0 Å². The average Bonchev–Trinajstić information content (AvgIpc) is 2.81. The van der Waals surface area contributed by atoms with Crippen LogP contribution in [0.1, 0.15) is 117 Å². The fraction of sp³-hybridized carbons (Fsp3) is 0.923. The van der Waals surface area contributed by atoms with Gasteiger partial charge in [0.25, 0.3) is 0 Å². The standard InChI is InChI=1S/2C12H24O2S.2CH3.Sn/c2*1-2-3-4-5-6-7-8-9-12(13)14-10-11-15;;;/h2*15H,2-11H2,1H3;2*1H3;/q;;;;+2/p-2. The van der Waals surface area contributed by atoms with Crippen molar-refractivity contribution in [3.8, 4) is 0 Å². The molecule has 0 amide bonds. The van der Waals surface area contributed by atoms with Crippen LogP contribution in [-0.4, -0.2) is 57.8 Å². The van der Waals surface area contributed by atoms with Crippen molar-refractivity contribution >= 4 is 58.3 Å². The number of unbranched alkanes of at least 4 members (excludes halogenated alkanes) is 12. The van der Waals surface area contributed by atoms with Crippen LogP contribution in [0.2, 0.25) is 9.88 Å². The third-order valence-corrected chi connectivity index (χ3v) is 5.00. The monoisotopic (exact) mass is 612 g/mol. The quantitative estimate of drug-likeness (QED) is 0.0628. The van der Waals surface area contributed by atoms with E-state index in [0.29, 0.717) is 37.6 Å². The summed E-state index contributed by atoms with van der Waals surface area (Å²) in [4.78, 5) is 26.7. The number of carbonyl (C=O) groups is 2. The summed E-state index contributed by atoms with van der Waals surface area (Å²) >= 11 is 9.61. The van der Waals surface area contributed by atoms with E-state index in [1.54, 1.807) is 0 Å². The van der Waals surface area contributed by atoms with Crippen LogP contribution in [0, 0.1) is 0 Å². The Kier molecular flexibility index (Phi) is 42.6. The maximum absolute atomic E-state index is 11.1. The Morgan fingerprint density at radius 1 is 0.576 bits per heavy atom. The first-order valence-corrected chi connectivity index (χ1v) is 20.0. The van der Waals surface area contributed by atoms with E-state index in [1.807, 2.05) is 0 Å². The summed E-state index contributed by atoms with van der Waals surface area (Å²) in [5.41, 5.74) is 0. The molecule has 0 fully saturated rings. The molecular weight excluding hydrogens is 559 g/mol. The molecule has 0 aromatic rings. The van der Waals surface area contributed by atoms with Crippen LogP contribution in [0.4, 0.5) is 0 Å². The van der Waals surface area contributed by atoms with Gasteiger partial charge in [-0.05, 0) is 12.8 Å². The molecule has 7 heteroatoms. The minimum atomic E-state index is -0.0894. The zero-order valence-electron chi connectivity index (χ0n) is 22.1. The molecule has 0 spiro atoms. The molecular formula is C26H52O4S2Sn. The molecule has 0 aromatic carbocycles. The maximum atomic E-state index is 11.1. The van der Waals surface area contributed by atoms with Gasteiger partial charge in [-0.2, -0.15) is 0 Å². The van der Waals surface area contributed by atoms with Crippen molar-refractivity contribution in [1.82, 2.24) is 0 Å². The van der Waals surface area contributed by atoms with Crippen molar-refractivity contribution in [2.75, 3.05) is 24.7 Å². The van der Waals surface area contributed by atoms with Crippen LogP contribution in [0.15, 0.2) is 0 Å². The summed E-state index contributed by atoms with van der Waals surface area (Å²) in [6.07, 6.45) is 18.3. The summed E-state index contributed by atoms with van der Waals surface area (Å²) in [5, 5.41) is 0. The molecule has 0 radical (unpaired) electrons. The molecule has 33 heavy (non-hydrogen) atoms. The minimum absolute atomic E-state index is 0.0894. The Bertz CT molecular complexity index is 351. The van der Waals surface area contributed by atoms with E-state index in [-0.39, 0.29) is 33.1 Å². The number of hydrogen-bond donors (Lipinski definition) is 0. The molecule has 0 unspecified atom stereocenters. The molecule has 4 nitrogen and oxygen atoms in total. The third kappa shape index (κ3) is 43.0. The van der Waals surface area contributed by atoms with Crippen LogP contribution in [0.3, 0.4) is 0 Å². The van der Waals surface area contributed by atoms with Crippen LogP contribution in [0.5, 0.6) is 0 Å². The predicted molar refractivity (Wildman–Crippen MR) is 149 cm³/mol. The summed E-state index contributed by atoms with van der Waals surface area (Å²) in [6.45, 7) is 5.22. The Morgan fingerprint density at radius 2 is 0.848 bits per heavy atom. The van der Waals surface area contributed by atoms with Crippen molar-refractivity contribution in [2.24, 2.45) is 0 Å². The van der Waals surface area contributed by atoms with Gasteiger partial charge >= 0.3 is 43.0 Å². The van der Waals surface area contributed by atoms with Gasteiger partial charge in [-0.25, -0.2) is 0 Å². The fourth-order valence-electron chi connectivity index (χ4n) is 2.91. The van der Waals surface area contributed by atoms with E-state index in [0.717, 1.165) is 25.7 Å². The predicted octanol–water partition coefficient (Wildman–Crippen LogP) is 7.22. The van der Waals surface area contributed by atoms with E-state index in [2.05, 4.69) is 49.0 Å². The molecule has 0 aliphatic carbocycles. The summed E-state index contributed by atoms with van der Waals surface area (Å²) in [7, 11) is 0. The molecule has 0 aliphatic heterocycles. The molecule has 0 saturated carbocycles. The molecule has 0 bridgehead atoms. The fourth-order valence-corrected chi connectivity index (χ4v) is 3.07. The summed E-state index contributed by atoms with van der Waals surface area (Å²) in [6, 6.07) is 0. The van der Waals surface area contributed by atoms with Gasteiger partial charge in [0, 0.05) is 12.8 Å². The van der Waals surface area contributed by atoms with E-state index in [4.69, 9.17) is 9.47 Å². The van der Waals surface area contributed by atoms with Gasteiger partial charge in [-0.3, -0.25) is 9.59 Å². The number of carbonyl (C=O) groups excluding carboxylic acids is 2. The third-order valence-electron chi connectivity index (χ3n) is 4.66. The normalized spacial score (nSPS) is 9.64. The molecule has 0 aliphatic rings. The van der Waals surface area contributed by atoms with Crippen LogP contribution in [0.25, 0.3) is 0 Å². The Hall–Kier alpha value is 0.439. The Balaban J connectivity index is -0.000000487. The number of hydrogen-bond acceptors (Lipinski definition) is 6. The average molecular weight is 612 g/mol. The van der Waals surface area contributed by atoms with Crippen molar-refractivity contribution in [2.45, 2.75) is 126 Å². The zero-order chi connectivity index (χ0) is 25.4. The van der Waals surface area contributed by atoms with Gasteiger partial charge in [-0.1, -0.05) is 90.9 Å². The molecule has 0 heterocycles. The first kappa shape index (κ1) is 38.0. The van der Waals surface area contributed by atoms with Crippen molar-refractivity contribution in [1.29, 1.82) is 0 Å². The van der Waals surface area contributed by atoms with Crippen molar-refractivity contribution < 1.29 is 19.1 Å². The topological polar surface area (TPSA) is 52.6 Å². The molecule has 0 N–H and O–H groups in total. The number of ether oxygens (including phenoxy) is 2. The van der Waals surface area contributed by atoms with Crippen molar-refractivity contribution in [3.63, 3.8) is 0 Å². The SMILES string of the molecule is CCCCCCCCCC(=O)OCC[S-].CCCCCCCCCC(=O)OCC[S-].[CH3][Sn+2][CH3]. The van der Waals surface area contributed by atoms with Crippen LogP contribution in [-0.2, 0) is 44.3 Å². The second-order valence-corrected chi connectivity index (χ2v) is 11.8. The van der Waals surface area contributed by atoms with E-state index in [9.17, 15) is 9.59 Å². The first-order valence-electron chi connectivity index (χ1n) is 13.1. The summed E-state index contributed by atoms with van der Waals surface area (Å²) in [5.74, 6) is 0.827. The van der Waals surface area contributed by atoms with E-state index in [1.165, 1.54) is 64.2 Å². The summed E-state index contributed by atoms with van der Waals surface area (Å²) < 4.78 is 9.79. The molecule has 196 valence electrons. The van der Waals surface area contributed by atoms with Gasteiger partial charge in [0.2, 0.25) is 0 Å². The first-order chi connectivity index (χ1) is 16.0. The second-order valence-electron chi connectivity index (χ2n) is 8.09. The van der Waals surface area contributed by atoms with Gasteiger partial charge in [-0.15, -0.1) is 11.5 Å². The molecule has 0 rings (SSSR count). The molecule has 0 saturated heterocycles.